The van der Waals surface area contributed by atoms with Crippen molar-refractivity contribution in [3.05, 3.63) is 35.9 Å². The van der Waals surface area contributed by atoms with E-state index in [9.17, 15) is 102 Å². The number of aliphatic hydroxyl groups excluding tert-OH is 3. The van der Waals surface area contributed by atoms with Crippen LogP contribution in [0.1, 0.15) is 173 Å². The molecule has 119 heavy (non-hydrogen) atoms. The lowest BCUT2D eigenvalue weighted by atomic mass is 9.99. The number of carboxylic acids is 2. The van der Waals surface area contributed by atoms with Gasteiger partial charge in [-0.15, -0.1) is 0 Å². The molecule has 672 valence electrons. The Morgan fingerprint density at radius 1 is 0.361 bits per heavy atom. The highest BCUT2D eigenvalue weighted by Gasteiger charge is 2.40. The lowest BCUT2D eigenvalue weighted by Gasteiger charge is -2.29. The standard InChI is InChI=1S/C76H132N22O21/c1-37(2)31-50(66(110)92-52(34-45-21-15-14-16-22-45)67(111)94-55(36-100)70(114)97-58(41(9)10)72(116)93-53(74(118)119)33-39(5)6)90-61(105)43(12)85-62(106)46(23-17-18-28-77)89-71(115)57(40(7)8)96-65(109)48(25-20-30-84-76(81)82)88-69(113)54(35-99)95-73(117)59(44(13)101)98-68(112)51(32-38(3)4)91-63(107)47(24-19-29-83-75(79)80)87-64(108)49(26-27-56(102)103)86-60(104)42(11)78/h14-16,21-22,37-44,46-55,57-59,99-101H,17-20,23-36,77-78H2,1-13H3,(H,85,106)(H,86,104)(H,87,108)(H,88,113)(H,89,115)(H,90,105)(H,91,107)(H,92,110)(H,93,116)(H,94,111)(H,95,117)(H,96,109)(H,97,114)(H,98,112)(H,102,103)(H,118,119)(H4,79,80,83)(H4,81,82,84)/t42-,43-,44+,46-,47-,48-,49-,50-,51-,52-,53-,54-,55-,57-,58-,59-/m0/s1. The highest BCUT2D eigenvalue weighted by molar-refractivity contribution is 6.01. The van der Waals surface area contributed by atoms with Crippen LogP contribution in [0.2, 0.25) is 0 Å². The summed E-state index contributed by atoms with van der Waals surface area (Å²) in [6.07, 6.45) is -2.89. The number of nitrogens with one attached hydrogen (secondary N) is 14. The zero-order chi connectivity index (χ0) is 90.7. The second-order valence-electron chi connectivity index (χ2n) is 31.2. The Bertz CT molecular complexity index is 3560. The molecule has 43 heteroatoms. The minimum Gasteiger partial charge on any atom is -0.481 e. The van der Waals surface area contributed by atoms with E-state index in [-0.39, 0.29) is 114 Å². The monoisotopic (exact) mass is 1690 g/mol. The Balaban J connectivity index is 3.61. The van der Waals surface area contributed by atoms with Crippen molar-refractivity contribution in [1.82, 2.24) is 74.4 Å². The number of carboxylic acid groups (broad SMARTS) is 2. The lowest BCUT2D eigenvalue weighted by Crippen LogP contribution is -2.63. The van der Waals surface area contributed by atoms with Crippen LogP contribution in [0, 0.1) is 29.6 Å². The van der Waals surface area contributed by atoms with Crippen molar-refractivity contribution in [2.24, 2.45) is 74.0 Å². The van der Waals surface area contributed by atoms with Crippen LogP contribution in [0.15, 0.2) is 40.3 Å². The van der Waals surface area contributed by atoms with Crippen LogP contribution in [0.3, 0.4) is 0 Å². The summed E-state index contributed by atoms with van der Waals surface area (Å²) >= 11 is 0. The van der Waals surface area contributed by atoms with Crippen molar-refractivity contribution in [3.8, 4) is 0 Å². The molecular formula is C76H132N22O21. The topological polar surface area (TPSA) is 724 Å². The van der Waals surface area contributed by atoms with Crippen LogP contribution in [-0.2, 0) is 83.1 Å². The number of amides is 14. The number of nitrogens with zero attached hydrogens (tertiary/aromatic N) is 2. The van der Waals surface area contributed by atoms with Crippen LogP contribution in [0.4, 0.5) is 0 Å². The molecule has 1 aromatic rings. The third-order valence-corrected chi connectivity index (χ3v) is 18.3. The van der Waals surface area contributed by atoms with Gasteiger partial charge in [-0.1, -0.05) is 99.6 Å². The molecule has 31 N–H and O–H groups in total. The van der Waals surface area contributed by atoms with Crippen molar-refractivity contribution >= 4 is 107 Å². The summed E-state index contributed by atoms with van der Waals surface area (Å²) in [4.78, 5) is 228. The van der Waals surface area contributed by atoms with Crippen LogP contribution < -0.4 is 109 Å². The molecule has 14 amide bonds. The average Bonchev–Trinajstić information content (AvgIpc) is 0.839. The summed E-state index contributed by atoms with van der Waals surface area (Å²) in [6, 6.07) is -14.2. The minimum atomic E-state index is -1.93. The predicted molar refractivity (Wildman–Crippen MR) is 438 cm³/mol. The number of aliphatic hydroxyl groups is 3. The van der Waals surface area contributed by atoms with E-state index in [4.69, 9.17) is 34.4 Å². The molecule has 0 bridgehead atoms. The highest BCUT2D eigenvalue weighted by Crippen LogP contribution is 2.16. The second kappa shape index (κ2) is 55.0. The molecule has 0 aliphatic rings. The molecule has 0 heterocycles. The number of aliphatic imine (C=N–C) groups is 2. The fraction of sp³-hybridized carbons (Fsp3) is 0.684. The molecule has 1 aromatic carbocycles. The molecule has 0 saturated carbocycles. The van der Waals surface area contributed by atoms with E-state index in [2.05, 4.69) is 84.4 Å². The van der Waals surface area contributed by atoms with Crippen molar-refractivity contribution in [1.29, 1.82) is 0 Å². The molecule has 1 rings (SSSR count). The molecule has 0 aliphatic carbocycles. The van der Waals surface area contributed by atoms with Gasteiger partial charge in [-0.3, -0.25) is 81.9 Å². The number of rotatable bonds is 57. The van der Waals surface area contributed by atoms with Crippen molar-refractivity contribution < 1.29 is 102 Å². The van der Waals surface area contributed by atoms with Gasteiger partial charge in [0.05, 0.1) is 25.4 Å². The molecule has 0 aliphatic heterocycles. The third-order valence-electron chi connectivity index (χ3n) is 18.3. The Hall–Kier alpha value is -10.9. The van der Waals surface area contributed by atoms with Gasteiger partial charge in [-0.05, 0) is 133 Å². The van der Waals surface area contributed by atoms with E-state index >= 15 is 0 Å². The van der Waals surface area contributed by atoms with Gasteiger partial charge < -0.3 is 134 Å². The SMILES string of the molecule is CC(C)C[C@H](NC(=O)[C@@H](NC(=O)[C@H](CO)NC(=O)[C@H](Cc1ccccc1)NC(=O)[C@H](CC(C)C)NC(=O)[C@H](C)NC(=O)[C@H](CCCCN)NC(=O)[C@@H](NC(=O)[C@H](CCCN=C(N)N)NC(=O)[C@H](CO)NC(=O)[C@@H](NC(=O)[C@H](CC(C)C)NC(=O)[C@H](CCCN=C(N)N)NC(=O)[C@H](CCC(=O)O)NC(=O)[C@H](C)N)[C@@H](C)O)C(C)C)C(C)C)C(=O)O. The molecule has 0 saturated heterocycles. The fourth-order valence-corrected chi connectivity index (χ4v) is 11.8. The molecule has 0 fully saturated rings. The molecule has 0 radical (unpaired) electrons. The van der Waals surface area contributed by atoms with Gasteiger partial charge in [0.2, 0.25) is 82.7 Å². The first-order valence-electron chi connectivity index (χ1n) is 39.9. The third kappa shape index (κ3) is 41.4. The number of hydrogen-bond acceptors (Lipinski definition) is 23. The molecule has 0 unspecified atom stereocenters. The number of hydrogen-bond donors (Lipinski definition) is 25. The quantitative estimate of drug-likeness (QED) is 0.0164. The van der Waals surface area contributed by atoms with Crippen molar-refractivity contribution in [2.45, 2.75) is 270 Å². The normalized spacial score (nSPS) is 15.3. The van der Waals surface area contributed by atoms with Gasteiger partial charge in [0, 0.05) is 25.9 Å². The zero-order valence-corrected chi connectivity index (χ0v) is 70.4. The van der Waals surface area contributed by atoms with Crippen LogP contribution in [0.5, 0.6) is 0 Å². The summed E-state index contributed by atoms with van der Waals surface area (Å²) in [5.41, 5.74) is 34.1. The van der Waals surface area contributed by atoms with Gasteiger partial charge in [0.15, 0.2) is 11.9 Å². The second-order valence-corrected chi connectivity index (χ2v) is 31.2. The van der Waals surface area contributed by atoms with Gasteiger partial charge in [-0.2, -0.15) is 0 Å². The van der Waals surface area contributed by atoms with E-state index in [0.29, 0.717) is 12.0 Å². The lowest BCUT2D eigenvalue weighted by molar-refractivity contribution is -0.143. The Morgan fingerprint density at radius 2 is 0.681 bits per heavy atom. The first-order chi connectivity index (χ1) is 55.7. The first-order valence-corrected chi connectivity index (χ1v) is 39.9. The largest absolute Gasteiger partial charge is 0.481 e. The summed E-state index contributed by atoms with van der Waals surface area (Å²) in [6.45, 7) is 18.2. The Morgan fingerprint density at radius 3 is 1.09 bits per heavy atom. The van der Waals surface area contributed by atoms with Crippen molar-refractivity contribution in [2.75, 3.05) is 32.8 Å². The summed E-state index contributed by atoms with van der Waals surface area (Å²) in [5.74, 6) is -19.1. The first kappa shape index (κ1) is 106. The van der Waals surface area contributed by atoms with Gasteiger partial charge in [0.1, 0.15) is 84.6 Å². The van der Waals surface area contributed by atoms with Gasteiger partial charge in [0.25, 0.3) is 0 Å². The molecule has 43 nitrogen and oxygen atoms in total. The summed E-state index contributed by atoms with van der Waals surface area (Å²) in [7, 11) is 0. The van der Waals surface area contributed by atoms with Crippen LogP contribution in [0.25, 0.3) is 0 Å². The maximum absolute atomic E-state index is 14.5. The molecule has 16 atom stereocenters. The van der Waals surface area contributed by atoms with E-state index in [0.717, 1.165) is 6.92 Å². The van der Waals surface area contributed by atoms with E-state index < -0.39 is 229 Å². The molecule has 0 spiro atoms. The van der Waals surface area contributed by atoms with E-state index in [1.54, 1.807) is 99.6 Å². The molecular weight excluding hydrogens is 1560 g/mol. The number of carbonyl (C=O) groups excluding carboxylic acids is 14. The zero-order valence-electron chi connectivity index (χ0n) is 70.4. The van der Waals surface area contributed by atoms with E-state index in [1.807, 2.05) is 0 Å². The summed E-state index contributed by atoms with van der Waals surface area (Å²) < 4.78 is 0. The van der Waals surface area contributed by atoms with Gasteiger partial charge in [-0.25, -0.2) is 4.79 Å². The predicted octanol–water partition coefficient (Wildman–Crippen LogP) is -6.62. The number of benzene rings is 1. The fourth-order valence-electron chi connectivity index (χ4n) is 11.8. The van der Waals surface area contributed by atoms with Crippen molar-refractivity contribution in [3.63, 3.8) is 0 Å². The average molecular weight is 1690 g/mol. The van der Waals surface area contributed by atoms with Crippen LogP contribution >= 0.6 is 0 Å². The number of nitrogens with two attached hydrogens (primary N) is 6. The number of unbranched alkanes of at least 4 members (excludes halogenated alkanes) is 1. The maximum atomic E-state index is 14.5. The highest BCUT2D eigenvalue weighted by atomic mass is 16.4. The Labute approximate surface area is 693 Å². The number of carbonyl (C=O) groups is 16. The number of guanidine groups is 2. The number of aliphatic carboxylic acids is 2. The molecule has 0 aromatic heterocycles. The Kier molecular flexibility index (Phi) is 49.0. The minimum absolute atomic E-state index is 0.0127. The summed E-state index contributed by atoms with van der Waals surface area (Å²) in [5, 5.41) is 86.0. The van der Waals surface area contributed by atoms with Crippen LogP contribution in [-0.4, -0.2) is 262 Å². The van der Waals surface area contributed by atoms with E-state index in [1.165, 1.54) is 13.8 Å². The van der Waals surface area contributed by atoms with Gasteiger partial charge >= 0.3 is 11.9 Å². The smallest absolute Gasteiger partial charge is 0.326 e. The maximum Gasteiger partial charge on any atom is 0.326 e.